The molecule has 0 N–H and O–H groups in total. The van der Waals surface area contributed by atoms with E-state index in [1.807, 2.05) is 6.92 Å². The average molecular weight is 210 g/mol. The number of unbranched alkanes of at least 4 members (excludes halogenated alkanes) is 1. The Hall–Kier alpha value is 0.0144. The Morgan fingerprint density at radius 2 is 1.92 bits per heavy atom. The molecule has 0 aliphatic carbocycles. The Kier molecular flexibility index (Phi) is 16.5. The quantitative estimate of drug-likeness (QED) is 0.674. The number of carbonyl (C=O) groups is 1. The third-order valence-corrected chi connectivity index (χ3v) is 1.73. The zero-order valence-corrected chi connectivity index (χ0v) is 8.97. The molecule has 0 bridgehead atoms. The molecular weight excluding hydrogens is 195 g/mol. The van der Waals surface area contributed by atoms with E-state index in [4.69, 9.17) is 0 Å². The number of hydrogen-bond donors (Lipinski definition) is 0. The first-order valence-corrected chi connectivity index (χ1v) is 3.93. The summed E-state index contributed by atoms with van der Waals surface area (Å²) in [7, 11) is 0. The molecule has 1 unspecified atom stereocenters. The fourth-order valence-corrected chi connectivity index (χ4v) is 0.939. The molecule has 0 aromatic heterocycles. The van der Waals surface area contributed by atoms with Crippen LogP contribution in [0.3, 0.4) is 0 Å². The number of carbonyl (C=O) groups excluding carboxylic acids is 1. The van der Waals surface area contributed by atoms with Gasteiger partial charge in [0.15, 0.2) is 0 Å². The molecule has 0 spiro atoms. The largest absolute Gasteiger partial charge is 2.00 e. The van der Waals surface area contributed by atoms with E-state index in [2.05, 4.69) is 6.92 Å². The van der Waals surface area contributed by atoms with E-state index in [-0.39, 0.29) is 29.9 Å². The summed E-state index contributed by atoms with van der Waals surface area (Å²) in [6, 6.07) is 0. The van der Waals surface area contributed by atoms with Gasteiger partial charge in [-0.05, 0) is 18.8 Å². The van der Waals surface area contributed by atoms with Crippen LogP contribution in [0, 0.1) is 5.92 Å². The van der Waals surface area contributed by atoms with E-state index < -0.39 is 5.97 Å². The van der Waals surface area contributed by atoms with Crippen LogP contribution in [-0.2, 0) is 28.8 Å². The molecule has 0 fully saturated rings. The number of rotatable bonds is 5. The molecule has 4 heteroatoms. The molecule has 0 rings (SSSR count). The van der Waals surface area contributed by atoms with Crippen molar-refractivity contribution in [3.8, 4) is 0 Å². The molecule has 0 aromatic rings. The maximum atomic E-state index is 10.3. The van der Waals surface area contributed by atoms with Crippen LogP contribution < -0.4 is 5.11 Å². The summed E-state index contributed by atoms with van der Waals surface area (Å²) in [5, 5.41) is 10.3. The van der Waals surface area contributed by atoms with Crippen LogP contribution in [0.5, 0.6) is 0 Å². The van der Waals surface area contributed by atoms with Crippen LogP contribution in [0.4, 0.5) is 0 Å². The van der Waals surface area contributed by atoms with Crippen molar-refractivity contribution in [1.29, 1.82) is 0 Å². The van der Waals surface area contributed by atoms with Crippen molar-refractivity contribution in [2.45, 2.75) is 39.5 Å². The van der Waals surface area contributed by atoms with Gasteiger partial charge in [0.2, 0.25) is 0 Å². The molecular formula is C8H15O3V-3. The molecule has 0 saturated heterocycles. The third kappa shape index (κ3) is 8.11. The Balaban J connectivity index is -0.000000405. The summed E-state index contributed by atoms with van der Waals surface area (Å²) in [5.41, 5.74) is 0. The topological polar surface area (TPSA) is 68.6 Å². The van der Waals surface area contributed by atoms with Gasteiger partial charge in [0.05, 0.1) is 0 Å². The molecule has 12 heavy (non-hydrogen) atoms. The molecule has 73 valence electrons. The zero-order chi connectivity index (χ0) is 7.98. The van der Waals surface area contributed by atoms with Gasteiger partial charge in [-0.1, -0.05) is 26.7 Å². The number of carboxylic acids is 1. The summed E-state index contributed by atoms with van der Waals surface area (Å²) in [5.74, 6) is -1.11. The summed E-state index contributed by atoms with van der Waals surface area (Å²) in [6.45, 7) is 3.94. The van der Waals surface area contributed by atoms with Crippen LogP contribution in [0.1, 0.15) is 39.5 Å². The fourth-order valence-electron chi connectivity index (χ4n) is 0.939. The molecule has 0 heterocycles. The number of carboxylic acid groups (broad SMARTS) is 1. The molecule has 0 aromatic carbocycles. The average Bonchev–Trinajstić information content (AvgIpc) is 1.89. The first-order valence-electron chi connectivity index (χ1n) is 3.93. The Bertz CT molecular complexity index is 106. The molecule has 1 radical (unpaired) electrons. The Morgan fingerprint density at radius 3 is 2.17 bits per heavy atom. The van der Waals surface area contributed by atoms with Crippen molar-refractivity contribution in [3.63, 3.8) is 0 Å². The summed E-state index contributed by atoms with van der Waals surface area (Å²) in [6.07, 6.45) is 3.52. The van der Waals surface area contributed by atoms with Gasteiger partial charge in [0.1, 0.15) is 0 Å². The number of hydrogen-bond acceptors (Lipinski definition) is 2. The second-order valence-corrected chi connectivity index (χ2v) is 2.57. The summed E-state index contributed by atoms with van der Waals surface area (Å²) >= 11 is 0. The van der Waals surface area contributed by atoms with Gasteiger partial charge in [-0.2, -0.15) is 0 Å². The molecule has 0 amide bonds. The van der Waals surface area contributed by atoms with Gasteiger partial charge in [-0.15, -0.1) is 0 Å². The minimum Gasteiger partial charge on any atom is -2.00 e. The Morgan fingerprint density at radius 1 is 1.42 bits per heavy atom. The van der Waals surface area contributed by atoms with Gasteiger partial charge in [-0.3, -0.25) is 0 Å². The third-order valence-electron chi connectivity index (χ3n) is 1.73. The second kappa shape index (κ2) is 11.0. The molecule has 0 aliphatic rings. The van der Waals surface area contributed by atoms with Crippen LogP contribution in [0.15, 0.2) is 0 Å². The van der Waals surface area contributed by atoms with Gasteiger partial charge >= 0.3 is 0 Å². The van der Waals surface area contributed by atoms with Gasteiger partial charge in [0, 0.05) is 24.5 Å². The van der Waals surface area contributed by atoms with E-state index in [0.29, 0.717) is 6.42 Å². The van der Waals surface area contributed by atoms with Gasteiger partial charge in [-0.25, -0.2) is 0 Å². The fraction of sp³-hybridized carbons (Fsp3) is 0.875. The van der Waals surface area contributed by atoms with Crippen LogP contribution in [0.25, 0.3) is 0 Å². The standard InChI is InChI=1S/C8H16O2.O.V/c1-3-5-6-7(4-2)8(9)10;;/h7H,3-6H2,1-2H3,(H,9,10);;/q;-2;/p-1. The zero-order valence-electron chi connectivity index (χ0n) is 7.58. The van der Waals surface area contributed by atoms with Crippen molar-refractivity contribution in [1.82, 2.24) is 0 Å². The van der Waals surface area contributed by atoms with Crippen molar-refractivity contribution < 1.29 is 33.9 Å². The normalized spacial score (nSPS) is 10.8. The van der Waals surface area contributed by atoms with E-state index in [1.54, 1.807) is 0 Å². The maximum Gasteiger partial charge on any atom is 0.0445 e. The van der Waals surface area contributed by atoms with Crippen molar-refractivity contribution in [2.24, 2.45) is 5.92 Å². The molecule has 0 aliphatic heterocycles. The SMILES string of the molecule is CCCCC(CC)C(=O)[O-].[O-2].[V]. The maximum absolute atomic E-state index is 10.3. The van der Waals surface area contributed by atoms with E-state index in [1.165, 1.54) is 0 Å². The predicted octanol–water partition coefficient (Wildman–Crippen LogP) is 0.831. The smallest absolute Gasteiger partial charge is 0.0445 e. The summed E-state index contributed by atoms with van der Waals surface area (Å²) < 4.78 is 0. The van der Waals surface area contributed by atoms with Crippen LogP contribution in [-0.4, -0.2) is 5.97 Å². The molecule has 3 nitrogen and oxygen atoms in total. The monoisotopic (exact) mass is 210 g/mol. The molecule has 1 atom stereocenters. The predicted molar refractivity (Wildman–Crippen MR) is 39.0 cm³/mol. The van der Waals surface area contributed by atoms with Crippen molar-refractivity contribution in [3.05, 3.63) is 0 Å². The van der Waals surface area contributed by atoms with E-state index in [0.717, 1.165) is 19.3 Å². The minimum absolute atomic E-state index is 0. The van der Waals surface area contributed by atoms with E-state index in [9.17, 15) is 9.90 Å². The Labute approximate surface area is 85.7 Å². The van der Waals surface area contributed by atoms with E-state index >= 15 is 0 Å². The second-order valence-electron chi connectivity index (χ2n) is 2.57. The summed E-state index contributed by atoms with van der Waals surface area (Å²) in [4.78, 5) is 10.3. The van der Waals surface area contributed by atoms with Crippen molar-refractivity contribution in [2.75, 3.05) is 0 Å². The van der Waals surface area contributed by atoms with Gasteiger partial charge in [0.25, 0.3) is 0 Å². The molecule has 0 saturated carbocycles. The van der Waals surface area contributed by atoms with Crippen LogP contribution in [0.2, 0.25) is 0 Å². The first-order chi connectivity index (χ1) is 4.72. The van der Waals surface area contributed by atoms with Gasteiger partial charge < -0.3 is 15.4 Å². The minimum atomic E-state index is -0.893. The first kappa shape index (κ1) is 17.9. The van der Waals surface area contributed by atoms with Crippen molar-refractivity contribution >= 4 is 5.97 Å². The number of aliphatic carboxylic acids is 1. The van der Waals surface area contributed by atoms with Crippen LogP contribution >= 0.6 is 0 Å².